The van der Waals surface area contributed by atoms with Crippen LogP contribution >= 0.6 is 11.8 Å². The molecular formula is C16H13N3O3S. The molecule has 0 fully saturated rings. The number of nitro groups is 1. The molecule has 0 aliphatic carbocycles. The van der Waals surface area contributed by atoms with Crippen LogP contribution in [-0.4, -0.2) is 15.1 Å². The van der Waals surface area contributed by atoms with E-state index in [1.54, 1.807) is 18.2 Å². The molecule has 116 valence electrons. The zero-order chi connectivity index (χ0) is 16.2. The molecule has 0 saturated heterocycles. The third-order valence-electron chi connectivity index (χ3n) is 3.32. The van der Waals surface area contributed by atoms with Crippen LogP contribution in [-0.2, 0) is 5.75 Å². The van der Waals surface area contributed by atoms with Gasteiger partial charge in [-0.2, -0.15) is 0 Å². The Morgan fingerprint density at radius 3 is 2.65 bits per heavy atom. The number of nitrogens with zero attached hydrogens (tertiary/aromatic N) is 3. The molecule has 0 spiro atoms. The molecule has 3 aromatic rings. The predicted octanol–water partition coefficient (Wildman–Crippen LogP) is 4.25. The highest BCUT2D eigenvalue weighted by Gasteiger charge is 2.15. The lowest BCUT2D eigenvalue weighted by atomic mass is 10.1. The fraction of sp³-hybridized carbons (Fsp3) is 0.125. The third kappa shape index (κ3) is 3.40. The molecule has 0 unspecified atom stereocenters. The van der Waals surface area contributed by atoms with Crippen LogP contribution in [0, 0.1) is 17.0 Å². The van der Waals surface area contributed by atoms with Gasteiger partial charge < -0.3 is 4.42 Å². The maximum absolute atomic E-state index is 11.0. The second-order valence-electron chi connectivity index (χ2n) is 4.86. The Morgan fingerprint density at radius 1 is 1.13 bits per heavy atom. The molecule has 3 rings (SSSR count). The standard InChI is InChI=1S/C16H13N3O3S/c1-11-6-2-4-8-13(11)15-17-18-16(22-15)23-10-12-7-3-5-9-14(12)19(20)21/h2-9H,10H2,1H3. The fourth-order valence-electron chi connectivity index (χ4n) is 2.14. The van der Waals surface area contributed by atoms with Crippen molar-refractivity contribution in [1.29, 1.82) is 0 Å². The van der Waals surface area contributed by atoms with E-state index < -0.39 is 0 Å². The monoisotopic (exact) mass is 327 g/mol. The first-order valence-corrected chi connectivity index (χ1v) is 7.88. The highest BCUT2D eigenvalue weighted by Crippen LogP contribution is 2.29. The smallest absolute Gasteiger partial charge is 0.277 e. The molecule has 7 heteroatoms. The second kappa shape index (κ2) is 6.62. The highest BCUT2D eigenvalue weighted by molar-refractivity contribution is 7.98. The van der Waals surface area contributed by atoms with Crippen molar-refractivity contribution in [3.05, 3.63) is 69.8 Å². The van der Waals surface area contributed by atoms with Crippen LogP contribution in [0.2, 0.25) is 0 Å². The number of thioether (sulfide) groups is 1. The van der Waals surface area contributed by atoms with Gasteiger partial charge in [0.1, 0.15) is 0 Å². The summed E-state index contributed by atoms with van der Waals surface area (Å²) in [6, 6.07) is 14.4. The van der Waals surface area contributed by atoms with Crippen LogP contribution < -0.4 is 0 Å². The van der Waals surface area contributed by atoms with Crippen molar-refractivity contribution in [2.75, 3.05) is 0 Å². The van der Waals surface area contributed by atoms with Gasteiger partial charge in [-0.3, -0.25) is 10.1 Å². The zero-order valence-electron chi connectivity index (χ0n) is 12.3. The van der Waals surface area contributed by atoms with E-state index in [2.05, 4.69) is 10.2 Å². The van der Waals surface area contributed by atoms with E-state index in [9.17, 15) is 10.1 Å². The fourth-order valence-corrected chi connectivity index (χ4v) is 2.90. The Bertz CT molecular complexity index is 848. The number of rotatable bonds is 5. The Hall–Kier alpha value is -2.67. The second-order valence-corrected chi connectivity index (χ2v) is 5.79. The molecule has 0 bridgehead atoms. The number of nitro benzene ring substituents is 1. The summed E-state index contributed by atoms with van der Waals surface area (Å²) < 4.78 is 5.64. The summed E-state index contributed by atoms with van der Waals surface area (Å²) in [5, 5.41) is 19.4. The van der Waals surface area contributed by atoms with Gasteiger partial charge in [0.2, 0.25) is 5.89 Å². The zero-order valence-corrected chi connectivity index (χ0v) is 13.1. The maximum atomic E-state index is 11.0. The lowest BCUT2D eigenvalue weighted by Crippen LogP contribution is -1.93. The summed E-state index contributed by atoms with van der Waals surface area (Å²) in [5.41, 5.74) is 2.65. The van der Waals surface area contributed by atoms with Gasteiger partial charge in [0.25, 0.3) is 10.9 Å². The Kier molecular flexibility index (Phi) is 4.38. The van der Waals surface area contributed by atoms with Gasteiger partial charge >= 0.3 is 0 Å². The van der Waals surface area contributed by atoms with Crippen LogP contribution in [0.15, 0.2) is 58.2 Å². The molecule has 0 atom stereocenters. The summed E-state index contributed by atoms with van der Waals surface area (Å²) in [4.78, 5) is 10.6. The quantitative estimate of drug-likeness (QED) is 0.396. The van der Waals surface area contributed by atoms with Crippen molar-refractivity contribution in [1.82, 2.24) is 10.2 Å². The van der Waals surface area contributed by atoms with Gasteiger partial charge in [0.05, 0.1) is 4.92 Å². The predicted molar refractivity (Wildman–Crippen MR) is 87.1 cm³/mol. The Labute approximate surface area is 136 Å². The van der Waals surface area contributed by atoms with E-state index in [1.165, 1.54) is 17.8 Å². The van der Waals surface area contributed by atoms with Crippen LogP contribution in [0.25, 0.3) is 11.5 Å². The van der Waals surface area contributed by atoms with Crippen molar-refractivity contribution in [2.24, 2.45) is 0 Å². The summed E-state index contributed by atoms with van der Waals surface area (Å²) >= 11 is 1.28. The Balaban J connectivity index is 1.76. The van der Waals surface area contributed by atoms with Gasteiger partial charge in [0.15, 0.2) is 0 Å². The number of benzene rings is 2. The van der Waals surface area contributed by atoms with E-state index in [4.69, 9.17) is 4.42 Å². The van der Waals surface area contributed by atoms with Gasteiger partial charge in [-0.1, -0.05) is 48.2 Å². The van der Waals surface area contributed by atoms with Crippen molar-refractivity contribution < 1.29 is 9.34 Å². The lowest BCUT2D eigenvalue weighted by molar-refractivity contribution is -0.385. The van der Waals surface area contributed by atoms with Crippen LogP contribution in [0.5, 0.6) is 0 Å². The SMILES string of the molecule is Cc1ccccc1-c1nnc(SCc2ccccc2[N+](=O)[O-])o1. The molecule has 1 aromatic heterocycles. The topological polar surface area (TPSA) is 82.1 Å². The molecule has 0 aliphatic rings. The Morgan fingerprint density at radius 2 is 1.87 bits per heavy atom. The molecule has 0 radical (unpaired) electrons. The largest absolute Gasteiger partial charge is 0.411 e. The number of para-hydroxylation sites is 1. The van der Waals surface area contributed by atoms with Gasteiger partial charge in [0, 0.05) is 22.9 Å². The maximum Gasteiger partial charge on any atom is 0.277 e. The molecule has 23 heavy (non-hydrogen) atoms. The van der Waals surface area contributed by atoms with Crippen LogP contribution in [0.4, 0.5) is 5.69 Å². The molecule has 0 N–H and O–H groups in total. The molecule has 0 aliphatic heterocycles. The van der Waals surface area contributed by atoms with Crippen molar-refractivity contribution >= 4 is 17.4 Å². The summed E-state index contributed by atoms with van der Waals surface area (Å²) in [6.07, 6.45) is 0. The first-order valence-electron chi connectivity index (χ1n) is 6.90. The van der Waals surface area contributed by atoms with Crippen LogP contribution in [0.3, 0.4) is 0 Å². The van der Waals surface area contributed by atoms with Crippen molar-refractivity contribution in [3.8, 4) is 11.5 Å². The van der Waals surface area contributed by atoms with E-state index in [1.807, 2.05) is 31.2 Å². The third-order valence-corrected chi connectivity index (χ3v) is 4.19. The molecule has 6 nitrogen and oxygen atoms in total. The molecule has 1 heterocycles. The highest BCUT2D eigenvalue weighted by atomic mass is 32.2. The minimum absolute atomic E-state index is 0.0960. The van der Waals surface area contributed by atoms with Crippen molar-refractivity contribution in [3.63, 3.8) is 0 Å². The molecular weight excluding hydrogens is 314 g/mol. The number of hydrogen-bond acceptors (Lipinski definition) is 6. The average Bonchev–Trinajstić information content (AvgIpc) is 3.02. The molecule has 0 amide bonds. The summed E-state index contributed by atoms with van der Waals surface area (Å²) in [5.74, 6) is 0.847. The molecule has 0 saturated carbocycles. The van der Waals surface area contributed by atoms with Gasteiger partial charge in [-0.05, 0) is 18.6 Å². The first-order chi connectivity index (χ1) is 11.1. The minimum Gasteiger partial charge on any atom is -0.411 e. The van der Waals surface area contributed by atoms with E-state index in [0.29, 0.717) is 22.4 Å². The van der Waals surface area contributed by atoms with E-state index in [-0.39, 0.29) is 10.6 Å². The van der Waals surface area contributed by atoms with Crippen LogP contribution in [0.1, 0.15) is 11.1 Å². The van der Waals surface area contributed by atoms with Crippen molar-refractivity contribution in [2.45, 2.75) is 17.9 Å². The van der Waals surface area contributed by atoms with E-state index in [0.717, 1.165) is 11.1 Å². The number of hydrogen-bond donors (Lipinski definition) is 0. The van der Waals surface area contributed by atoms with E-state index >= 15 is 0 Å². The van der Waals surface area contributed by atoms with Gasteiger partial charge in [-0.25, -0.2) is 0 Å². The number of aromatic nitrogens is 2. The minimum atomic E-state index is -0.386. The summed E-state index contributed by atoms with van der Waals surface area (Å²) in [6.45, 7) is 1.97. The first kappa shape index (κ1) is 15.2. The van der Waals surface area contributed by atoms with Gasteiger partial charge in [-0.15, -0.1) is 10.2 Å². The average molecular weight is 327 g/mol. The molecule has 2 aromatic carbocycles. The number of aryl methyl sites for hydroxylation is 1. The summed E-state index contributed by atoms with van der Waals surface area (Å²) in [7, 11) is 0. The lowest BCUT2D eigenvalue weighted by Gasteiger charge is -2.00. The normalized spacial score (nSPS) is 10.7.